The number of carbonyl (C=O) groups is 1. The molecule has 2 aliphatic heterocycles. The van der Waals surface area contributed by atoms with Gasteiger partial charge in [-0.05, 0) is 49.3 Å². The molecule has 3 unspecified atom stereocenters. The zero-order valence-electron chi connectivity index (χ0n) is 13.4. The van der Waals surface area contributed by atoms with Gasteiger partial charge in [0.2, 0.25) is 5.91 Å². The normalized spacial score (nSPS) is 28.4. The molecule has 0 saturated carbocycles. The van der Waals surface area contributed by atoms with Crippen molar-refractivity contribution in [1.82, 2.24) is 10.2 Å². The molecule has 1 amide bonds. The van der Waals surface area contributed by atoms with Gasteiger partial charge in [-0.3, -0.25) is 4.79 Å². The second kappa shape index (κ2) is 6.37. The van der Waals surface area contributed by atoms with Crippen molar-refractivity contribution in [3.8, 4) is 0 Å². The predicted molar refractivity (Wildman–Crippen MR) is 85.2 cm³/mol. The van der Waals surface area contributed by atoms with Crippen LogP contribution < -0.4 is 5.32 Å². The maximum absolute atomic E-state index is 13.3. The Hall–Kier alpha value is -1.42. The van der Waals surface area contributed by atoms with Gasteiger partial charge in [-0.2, -0.15) is 0 Å². The van der Waals surface area contributed by atoms with Crippen LogP contribution in [0.25, 0.3) is 0 Å². The maximum atomic E-state index is 13.3. The first-order chi connectivity index (χ1) is 10.5. The molecule has 2 fully saturated rings. The monoisotopic (exact) mass is 304 g/mol. The Morgan fingerprint density at radius 2 is 2.05 bits per heavy atom. The van der Waals surface area contributed by atoms with E-state index < -0.39 is 0 Å². The first-order valence-electron chi connectivity index (χ1n) is 8.30. The second-order valence-electron chi connectivity index (χ2n) is 6.93. The van der Waals surface area contributed by atoms with Gasteiger partial charge >= 0.3 is 0 Å². The average molecular weight is 304 g/mol. The minimum absolute atomic E-state index is 0.0455. The van der Waals surface area contributed by atoms with Crippen LogP contribution in [0, 0.1) is 5.82 Å². The zero-order valence-corrected chi connectivity index (χ0v) is 13.4. The number of nitrogens with zero attached hydrogens (tertiary/aromatic N) is 1. The quantitative estimate of drug-likeness (QED) is 0.927. The topological polar surface area (TPSA) is 32.3 Å². The summed E-state index contributed by atoms with van der Waals surface area (Å²) >= 11 is 0. The third-order valence-corrected chi connectivity index (χ3v) is 5.29. The van der Waals surface area contributed by atoms with Crippen LogP contribution in [0.2, 0.25) is 0 Å². The van der Waals surface area contributed by atoms with Crippen LogP contribution in [0.4, 0.5) is 4.39 Å². The average Bonchev–Trinajstić information content (AvgIpc) is 2.84. The number of fused-ring (bicyclic) bond motifs is 2. The molecular formula is C18H25FN2O. The molecule has 120 valence electrons. The number of piperidine rings is 1. The lowest BCUT2D eigenvalue weighted by Gasteiger charge is -2.36. The first kappa shape index (κ1) is 15.5. The van der Waals surface area contributed by atoms with Crippen molar-refractivity contribution in [2.75, 3.05) is 7.05 Å². The smallest absolute Gasteiger partial charge is 0.223 e. The highest BCUT2D eigenvalue weighted by atomic mass is 19.1. The van der Waals surface area contributed by atoms with E-state index in [-0.39, 0.29) is 17.6 Å². The van der Waals surface area contributed by atoms with Crippen molar-refractivity contribution in [2.24, 2.45) is 0 Å². The third kappa shape index (κ3) is 3.32. The number of nitrogens with one attached hydrogen (secondary N) is 1. The Balaban J connectivity index is 1.59. The standard InChI is InChI=1S/C18H25FN2O/c1-12(13-4-3-5-14(19)9-13)8-18(22)21(2)17-10-15-6-7-16(11-17)20-15/h3-5,9,12,15-17,20H,6-8,10-11H2,1-2H3. The van der Waals surface area contributed by atoms with Crippen molar-refractivity contribution >= 4 is 5.91 Å². The first-order valence-corrected chi connectivity index (χ1v) is 8.30. The van der Waals surface area contributed by atoms with E-state index in [1.54, 1.807) is 6.07 Å². The molecule has 3 atom stereocenters. The lowest BCUT2D eigenvalue weighted by molar-refractivity contribution is -0.133. The number of hydrogen-bond acceptors (Lipinski definition) is 2. The number of halogens is 1. The van der Waals surface area contributed by atoms with E-state index in [9.17, 15) is 9.18 Å². The van der Waals surface area contributed by atoms with E-state index in [1.165, 1.54) is 25.0 Å². The minimum atomic E-state index is -0.236. The van der Waals surface area contributed by atoms with E-state index in [0.717, 1.165) is 18.4 Å². The van der Waals surface area contributed by atoms with Crippen LogP contribution >= 0.6 is 0 Å². The molecule has 0 spiro atoms. The summed E-state index contributed by atoms with van der Waals surface area (Å²) in [5.41, 5.74) is 0.895. The van der Waals surface area contributed by atoms with Crippen LogP contribution in [0.1, 0.15) is 50.5 Å². The van der Waals surface area contributed by atoms with Gasteiger partial charge in [0.05, 0.1) is 0 Å². The van der Waals surface area contributed by atoms with Gasteiger partial charge in [0.1, 0.15) is 5.82 Å². The number of amides is 1. The Morgan fingerprint density at radius 1 is 1.36 bits per heavy atom. The molecule has 1 aromatic rings. The molecule has 3 nitrogen and oxygen atoms in total. The highest BCUT2D eigenvalue weighted by molar-refractivity contribution is 5.77. The molecule has 3 rings (SSSR count). The van der Waals surface area contributed by atoms with E-state index >= 15 is 0 Å². The van der Waals surface area contributed by atoms with Crippen LogP contribution in [0.3, 0.4) is 0 Å². The lowest BCUT2D eigenvalue weighted by Crippen LogP contribution is -2.48. The summed E-state index contributed by atoms with van der Waals surface area (Å²) in [5, 5.41) is 3.61. The van der Waals surface area contributed by atoms with Gasteiger partial charge in [0.25, 0.3) is 0 Å². The second-order valence-corrected chi connectivity index (χ2v) is 6.93. The molecule has 4 heteroatoms. The van der Waals surface area contributed by atoms with Crippen LogP contribution in [0.5, 0.6) is 0 Å². The Bertz CT molecular complexity index is 536. The molecular weight excluding hydrogens is 279 g/mol. The molecule has 22 heavy (non-hydrogen) atoms. The van der Waals surface area contributed by atoms with Crippen LogP contribution in [0.15, 0.2) is 24.3 Å². The summed E-state index contributed by atoms with van der Waals surface area (Å²) in [6.45, 7) is 1.99. The number of benzene rings is 1. The van der Waals surface area contributed by atoms with Gasteiger partial charge < -0.3 is 10.2 Å². The van der Waals surface area contributed by atoms with Crippen LogP contribution in [-0.2, 0) is 4.79 Å². The van der Waals surface area contributed by atoms with E-state index in [4.69, 9.17) is 0 Å². The van der Waals surface area contributed by atoms with Crippen molar-refractivity contribution in [2.45, 2.75) is 63.1 Å². The van der Waals surface area contributed by atoms with E-state index in [2.05, 4.69) is 5.32 Å². The fourth-order valence-electron chi connectivity index (χ4n) is 3.88. The lowest BCUT2D eigenvalue weighted by atomic mass is 9.95. The summed E-state index contributed by atoms with van der Waals surface area (Å²) in [6, 6.07) is 8.09. The van der Waals surface area contributed by atoms with Crippen molar-refractivity contribution in [3.63, 3.8) is 0 Å². The molecule has 0 aliphatic carbocycles. The number of rotatable bonds is 4. The highest BCUT2D eigenvalue weighted by Gasteiger charge is 2.36. The molecule has 2 saturated heterocycles. The fraction of sp³-hybridized carbons (Fsp3) is 0.611. The van der Waals surface area contributed by atoms with Crippen molar-refractivity contribution < 1.29 is 9.18 Å². The van der Waals surface area contributed by atoms with Gasteiger partial charge in [0.15, 0.2) is 0 Å². The summed E-state index contributed by atoms with van der Waals surface area (Å²) in [4.78, 5) is 14.5. The van der Waals surface area contributed by atoms with Gasteiger partial charge in [-0.15, -0.1) is 0 Å². The Morgan fingerprint density at radius 3 is 2.68 bits per heavy atom. The summed E-state index contributed by atoms with van der Waals surface area (Å²) in [7, 11) is 1.93. The Labute approximate surface area is 131 Å². The largest absolute Gasteiger partial charge is 0.343 e. The maximum Gasteiger partial charge on any atom is 0.223 e. The highest BCUT2D eigenvalue weighted by Crippen LogP contribution is 2.30. The minimum Gasteiger partial charge on any atom is -0.343 e. The zero-order chi connectivity index (χ0) is 15.7. The van der Waals surface area contributed by atoms with Crippen molar-refractivity contribution in [1.29, 1.82) is 0 Å². The van der Waals surface area contributed by atoms with Gasteiger partial charge in [0, 0.05) is 31.6 Å². The SMILES string of the molecule is CC(CC(=O)N(C)C1CC2CCC(C1)N2)c1cccc(F)c1. The van der Waals surface area contributed by atoms with Gasteiger partial charge in [-0.1, -0.05) is 19.1 Å². The Kier molecular flexibility index (Phi) is 4.48. The van der Waals surface area contributed by atoms with E-state index in [0.29, 0.717) is 24.5 Å². The molecule has 0 aromatic heterocycles. The predicted octanol–water partition coefficient (Wildman–Crippen LogP) is 3.06. The molecule has 2 bridgehead atoms. The molecule has 0 radical (unpaired) electrons. The summed E-state index contributed by atoms with van der Waals surface area (Å²) < 4.78 is 13.3. The molecule has 2 aliphatic rings. The van der Waals surface area contributed by atoms with Crippen molar-refractivity contribution in [3.05, 3.63) is 35.6 Å². The summed E-state index contributed by atoms with van der Waals surface area (Å²) in [6.07, 6.45) is 5.05. The molecule has 1 N–H and O–H groups in total. The van der Waals surface area contributed by atoms with E-state index in [1.807, 2.05) is 24.9 Å². The third-order valence-electron chi connectivity index (χ3n) is 5.29. The fourth-order valence-corrected chi connectivity index (χ4v) is 3.88. The van der Waals surface area contributed by atoms with Crippen LogP contribution in [-0.4, -0.2) is 36.0 Å². The molecule has 2 heterocycles. The number of hydrogen-bond donors (Lipinski definition) is 1. The van der Waals surface area contributed by atoms with Gasteiger partial charge in [-0.25, -0.2) is 4.39 Å². The molecule has 1 aromatic carbocycles. The number of carbonyl (C=O) groups excluding carboxylic acids is 1. The summed E-state index contributed by atoms with van der Waals surface area (Å²) in [5.74, 6) is -0.0211.